The van der Waals surface area contributed by atoms with Gasteiger partial charge in [-0.15, -0.1) is 59.5 Å². The summed E-state index contributed by atoms with van der Waals surface area (Å²) in [5.41, 5.74) is 27.5. The minimum absolute atomic E-state index is 0. The molecule has 14 rings (SSSR count). The molecule has 2 aliphatic carbocycles. The number of imidazole rings is 1. The Morgan fingerprint density at radius 1 is 0.560 bits per heavy atom. The molecular formula is C69H62IrN4O-2. The number of amidine groups is 1. The van der Waals surface area contributed by atoms with Crippen molar-refractivity contribution in [1.82, 2.24) is 9.38 Å². The van der Waals surface area contributed by atoms with E-state index in [1.807, 2.05) is 12.1 Å². The van der Waals surface area contributed by atoms with E-state index in [1.165, 1.54) is 150 Å². The van der Waals surface area contributed by atoms with Crippen molar-refractivity contribution in [2.24, 2.45) is 4.99 Å². The van der Waals surface area contributed by atoms with Gasteiger partial charge >= 0.3 is 0 Å². The zero-order valence-corrected chi connectivity index (χ0v) is 46.5. The van der Waals surface area contributed by atoms with Crippen LogP contribution < -0.4 is 9.64 Å². The van der Waals surface area contributed by atoms with Gasteiger partial charge in [-0.2, -0.15) is 0 Å². The molecular weight excluding hydrogens is 1090 g/mol. The number of methoxy groups -OCH3 is 1. The van der Waals surface area contributed by atoms with E-state index in [2.05, 4.69) is 190 Å². The molecule has 0 saturated heterocycles. The minimum Gasteiger partial charge on any atom is -0.495 e. The first kappa shape index (κ1) is 48.8. The van der Waals surface area contributed by atoms with Crippen molar-refractivity contribution in [3.8, 4) is 61.4 Å². The Bertz CT molecular complexity index is 3890. The Morgan fingerprint density at radius 3 is 2.00 bits per heavy atom. The van der Waals surface area contributed by atoms with E-state index in [0.29, 0.717) is 12.1 Å². The zero-order valence-electron chi connectivity index (χ0n) is 44.1. The molecule has 2 aliphatic heterocycles. The molecule has 8 aromatic carbocycles. The molecule has 4 aliphatic rings. The van der Waals surface area contributed by atoms with Gasteiger partial charge in [0.15, 0.2) is 0 Å². The molecule has 1 fully saturated rings. The number of aryl methyl sites for hydroxylation is 8. The summed E-state index contributed by atoms with van der Waals surface area (Å²) >= 11 is 0. The van der Waals surface area contributed by atoms with Crippen LogP contribution in [0.5, 0.6) is 5.75 Å². The van der Waals surface area contributed by atoms with Crippen molar-refractivity contribution in [3.63, 3.8) is 0 Å². The van der Waals surface area contributed by atoms with Gasteiger partial charge in [-0.25, -0.2) is 0 Å². The standard InChI is InChI=1S/C41H35N2O.C28H27N2.Ir/c1-25-20-34(28-12-6-5-7-13-28)40(44-4)35(21-25)30-22-26(2)39(27(3)23-30)29-18-19-32-31-14-8-9-15-33(31)41-42-36-16-10-11-17-37(36)43(41)38(32)24-29;1-17-14-18(2)27(19(3)15-17)20-12-13-22-21-8-4-5-9-23(21)28-29-24-10-6-7-11-25(24)30(28)26(22)16-20;/h5-9,12-14,18-24H,10-11,16-17H2,1-4H3;4-5,8,12-16,24-25H,6-7,10-11H2,1-3H3;/q2*-1;. The van der Waals surface area contributed by atoms with E-state index in [1.54, 1.807) is 7.11 Å². The summed E-state index contributed by atoms with van der Waals surface area (Å²) in [5, 5.41) is 3.58. The summed E-state index contributed by atoms with van der Waals surface area (Å²) in [6, 6.07) is 58.9. The quantitative estimate of drug-likeness (QED) is 0.127. The number of anilines is 1. The van der Waals surface area contributed by atoms with Crippen LogP contribution in [0.15, 0.2) is 145 Å². The summed E-state index contributed by atoms with van der Waals surface area (Å²) in [6.07, 6.45) is 9.59. The van der Waals surface area contributed by atoms with E-state index in [4.69, 9.17) is 14.7 Å². The van der Waals surface area contributed by atoms with E-state index in [9.17, 15) is 0 Å². The number of benzene rings is 8. The Kier molecular flexibility index (Phi) is 12.7. The number of hydrogen-bond acceptors (Lipinski definition) is 4. The number of fused-ring (bicyclic) bond motifs is 16. The van der Waals surface area contributed by atoms with Gasteiger partial charge < -0.3 is 19.0 Å². The number of hydrogen-bond donors (Lipinski definition) is 0. The van der Waals surface area contributed by atoms with Gasteiger partial charge in [-0.3, -0.25) is 4.98 Å². The van der Waals surface area contributed by atoms with Crippen molar-refractivity contribution in [2.45, 2.75) is 105 Å². The molecule has 10 aromatic rings. The first-order valence-electron chi connectivity index (χ1n) is 26.9. The summed E-state index contributed by atoms with van der Waals surface area (Å²) in [4.78, 5) is 13.0. The van der Waals surface area contributed by atoms with Crippen molar-refractivity contribution < 1.29 is 24.8 Å². The monoisotopic (exact) mass is 1160 g/mol. The van der Waals surface area contributed by atoms with Crippen molar-refractivity contribution in [2.75, 3.05) is 12.0 Å². The molecule has 2 unspecified atom stereocenters. The number of aliphatic imine (C=N–C) groups is 1. The van der Waals surface area contributed by atoms with Gasteiger partial charge in [-0.05, 0) is 176 Å². The average Bonchev–Trinajstić information content (AvgIpc) is 4.01. The molecule has 1 saturated carbocycles. The number of rotatable bonds is 5. The number of aromatic nitrogens is 2. The molecule has 4 heterocycles. The molecule has 2 atom stereocenters. The van der Waals surface area contributed by atoms with Crippen molar-refractivity contribution in [1.29, 1.82) is 0 Å². The first-order valence-corrected chi connectivity index (χ1v) is 26.9. The number of ether oxygens (including phenoxy) is 1. The van der Waals surface area contributed by atoms with E-state index < -0.39 is 0 Å². The van der Waals surface area contributed by atoms with Gasteiger partial charge in [0.2, 0.25) is 0 Å². The van der Waals surface area contributed by atoms with Crippen molar-refractivity contribution >= 4 is 38.8 Å². The van der Waals surface area contributed by atoms with Crippen molar-refractivity contribution in [3.05, 3.63) is 202 Å². The van der Waals surface area contributed by atoms with Crippen LogP contribution in [0.2, 0.25) is 0 Å². The van der Waals surface area contributed by atoms with Crippen LogP contribution in [-0.4, -0.2) is 34.4 Å². The second-order valence-electron chi connectivity index (χ2n) is 21.5. The Balaban J connectivity index is 0.000000160. The van der Waals surface area contributed by atoms with Gasteiger partial charge in [0, 0.05) is 54.2 Å². The second kappa shape index (κ2) is 19.5. The summed E-state index contributed by atoms with van der Waals surface area (Å²) in [6.45, 7) is 13.3. The Hall–Kier alpha value is -7.11. The molecule has 75 heavy (non-hydrogen) atoms. The maximum absolute atomic E-state index is 6.09. The van der Waals surface area contributed by atoms with E-state index >= 15 is 0 Å². The molecule has 5 nitrogen and oxygen atoms in total. The van der Waals surface area contributed by atoms with Gasteiger partial charge in [0.05, 0.1) is 30.3 Å². The maximum atomic E-state index is 6.09. The number of pyridine rings is 1. The maximum Gasteiger partial charge on any atom is 0.134 e. The number of nitrogens with zero attached hydrogens (tertiary/aromatic N) is 4. The molecule has 2 aromatic heterocycles. The van der Waals surface area contributed by atoms with E-state index in [-0.39, 0.29) is 20.1 Å². The fourth-order valence-corrected chi connectivity index (χ4v) is 13.5. The van der Waals surface area contributed by atoms with E-state index in [0.717, 1.165) is 52.2 Å². The fourth-order valence-electron chi connectivity index (χ4n) is 13.5. The topological polar surface area (TPSA) is 42.1 Å². The smallest absolute Gasteiger partial charge is 0.134 e. The average molecular weight is 1160 g/mol. The van der Waals surface area contributed by atoms with Crippen LogP contribution in [0, 0.1) is 53.7 Å². The van der Waals surface area contributed by atoms with Crippen LogP contribution in [0.4, 0.5) is 5.69 Å². The largest absolute Gasteiger partial charge is 0.495 e. The summed E-state index contributed by atoms with van der Waals surface area (Å²) < 4.78 is 8.52. The third-order valence-corrected chi connectivity index (χ3v) is 16.5. The third kappa shape index (κ3) is 8.24. The first-order chi connectivity index (χ1) is 36.1. The second-order valence-corrected chi connectivity index (χ2v) is 21.5. The van der Waals surface area contributed by atoms with Crippen LogP contribution in [0.3, 0.4) is 0 Å². The normalized spacial score (nSPS) is 16.3. The summed E-state index contributed by atoms with van der Waals surface area (Å²) in [5.74, 6) is 2.06. The molecule has 6 heteroatoms. The minimum atomic E-state index is 0. The molecule has 0 amide bonds. The Labute approximate surface area is 455 Å². The van der Waals surface area contributed by atoms with Crippen LogP contribution in [0.25, 0.3) is 83.0 Å². The third-order valence-electron chi connectivity index (χ3n) is 16.5. The zero-order chi connectivity index (χ0) is 50.4. The molecule has 0 spiro atoms. The predicted molar refractivity (Wildman–Crippen MR) is 308 cm³/mol. The SMILES string of the molecule is COc1c(-c2ccccc2)cc(C)cc1-c1cc(C)c(-c2ccc3c4ccc[c-]c4c4nc5c(n4c3c2)CCCC5)c(C)c1.Cc1cc(C)c(-c2ccc3c(c2)N2C(=NC4CCCCC42)c2[c-]cccc2-3)c(C)c1.[Ir]. The predicted octanol–water partition coefficient (Wildman–Crippen LogP) is 16.9. The summed E-state index contributed by atoms with van der Waals surface area (Å²) in [7, 11) is 1.78. The fraction of sp³-hybridized carbons (Fsp3) is 0.246. The molecule has 0 N–H and O–H groups in total. The molecule has 0 bridgehead atoms. The van der Waals surface area contributed by atoms with Gasteiger partial charge in [0.25, 0.3) is 0 Å². The van der Waals surface area contributed by atoms with Gasteiger partial charge in [0.1, 0.15) is 5.75 Å². The van der Waals surface area contributed by atoms with Crippen LogP contribution >= 0.6 is 0 Å². The van der Waals surface area contributed by atoms with Crippen LogP contribution in [-0.2, 0) is 32.9 Å². The Morgan fingerprint density at radius 2 is 1.23 bits per heavy atom. The van der Waals surface area contributed by atoms with Crippen LogP contribution in [0.1, 0.15) is 88.9 Å². The van der Waals surface area contributed by atoms with Gasteiger partial charge in [-0.1, -0.05) is 108 Å². The molecule has 1 radical (unpaired) electrons. The molecule has 375 valence electrons.